The highest BCUT2D eigenvalue weighted by Gasteiger charge is 2.23. The molecule has 8 heteroatoms. The minimum Gasteiger partial charge on any atom is -0.357 e. The maximum atomic E-state index is 11.9. The van der Waals surface area contributed by atoms with Crippen molar-refractivity contribution in [2.45, 2.75) is 52.7 Å². The summed E-state index contributed by atoms with van der Waals surface area (Å²) in [5, 5.41) is 9.93. The van der Waals surface area contributed by atoms with E-state index in [4.69, 9.17) is 0 Å². The van der Waals surface area contributed by atoms with Crippen LogP contribution in [0.1, 0.15) is 34.6 Å². The van der Waals surface area contributed by atoms with E-state index in [-0.39, 0.29) is 17.7 Å². The highest BCUT2D eigenvalue weighted by atomic mass is 16.2. The Morgan fingerprint density at radius 2 is 0.909 bits per heavy atom. The van der Waals surface area contributed by atoms with Crippen molar-refractivity contribution in [3.63, 3.8) is 0 Å². The Morgan fingerprint density at radius 1 is 0.591 bits per heavy atom. The van der Waals surface area contributed by atoms with E-state index in [1.165, 1.54) is 27.8 Å². The Bertz CT molecular complexity index is 437. The summed E-state index contributed by atoms with van der Waals surface area (Å²) in [6, 6.07) is -2.27. The van der Waals surface area contributed by atoms with Gasteiger partial charge in [-0.15, -0.1) is 0 Å². The van der Waals surface area contributed by atoms with Gasteiger partial charge in [0.25, 0.3) is 0 Å². The van der Waals surface area contributed by atoms with Gasteiger partial charge in [0.15, 0.2) is 0 Å². The van der Waals surface area contributed by atoms with E-state index in [0.29, 0.717) is 0 Å². The standard InChI is InChI=1S/C14H26N4O4/c1-7(2)11(19)16-9(4)13(21)18-10(5)14(22)17-8(3)12(20)15-6/h7-10H,1-6H3,(H,15,20)(H,16,19)(H,17,22)(H,18,21). The predicted octanol–water partition coefficient (Wildman–Crippen LogP) is -1.10. The van der Waals surface area contributed by atoms with Crippen molar-refractivity contribution in [2.24, 2.45) is 5.92 Å². The van der Waals surface area contributed by atoms with Crippen molar-refractivity contribution in [1.82, 2.24) is 21.3 Å². The monoisotopic (exact) mass is 314 g/mol. The second-order valence-corrected chi connectivity index (χ2v) is 5.46. The predicted molar refractivity (Wildman–Crippen MR) is 81.7 cm³/mol. The van der Waals surface area contributed by atoms with Crippen molar-refractivity contribution in [1.29, 1.82) is 0 Å². The number of hydrogen-bond acceptors (Lipinski definition) is 4. The van der Waals surface area contributed by atoms with Gasteiger partial charge >= 0.3 is 0 Å². The molecular weight excluding hydrogens is 288 g/mol. The van der Waals surface area contributed by atoms with Crippen LogP contribution in [-0.2, 0) is 19.2 Å². The summed E-state index contributed by atoms with van der Waals surface area (Å²) in [5.41, 5.74) is 0. The maximum absolute atomic E-state index is 11.9. The van der Waals surface area contributed by atoms with E-state index in [2.05, 4.69) is 21.3 Å². The molecule has 0 radical (unpaired) electrons. The van der Waals surface area contributed by atoms with E-state index in [1.54, 1.807) is 13.8 Å². The van der Waals surface area contributed by atoms with Gasteiger partial charge in [-0.25, -0.2) is 0 Å². The first kappa shape index (κ1) is 19.9. The molecule has 0 spiro atoms. The Kier molecular flexibility index (Phi) is 8.14. The summed E-state index contributed by atoms with van der Waals surface area (Å²) < 4.78 is 0. The van der Waals surface area contributed by atoms with Crippen LogP contribution < -0.4 is 21.3 Å². The molecule has 3 atom stereocenters. The van der Waals surface area contributed by atoms with Crippen LogP contribution in [0.25, 0.3) is 0 Å². The number of carbonyl (C=O) groups is 4. The smallest absolute Gasteiger partial charge is 0.242 e. The molecule has 8 nitrogen and oxygen atoms in total. The zero-order valence-corrected chi connectivity index (χ0v) is 13.9. The van der Waals surface area contributed by atoms with Gasteiger partial charge in [0.05, 0.1) is 0 Å². The number of carbonyl (C=O) groups excluding carboxylic acids is 4. The third-order valence-corrected chi connectivity index (χ3v) is 3.03. The Hall–Kier alpha value is -2.12. The van der Waals surface area contributed by atoms with Gasteiger partial charge in [0.1, 0.15) is 18.1 Å². The van der Waals surface area contributed by atoms with Crippen LogP contribution in [0, 0.1) is 5.92 Å². The molecule has 0 rings (SSSR count). The van der Waals surface area contributed by atoms with Crippen LogP contribution >= 0.6 is 0 Å². The second-order valence-electron chi connectivity index (χ2n) is 5.46. The van der Waals surface area contributed by atoms with Crippen LogP contribution in [0.4, 0.5) is 0 Å². The number of hydrogen-bond donors (Lipinski definition) is 4. The molecule has 0 aliphatic heterocycles. The molecule has 0 heterocycles. The highest BCUT2D eigenvalue weighted by Crippen LogP contribution is 1.94. The fourth-order valence-corrected chi connectivity index (χ4v) is 1.47. The fraction of sp³-hybridized carbons (Fsp3) is 0.714. The van der Waals surface area contributed by atoms with Crippen molar-refractivity contribution >= 4 is 23.6 Å². The molecule has 0 aromatic rings. The van der Waals surface area contributed by atoms with E-state index in [9.17, 15) is 19.2 Å². The minimum atomic E-state index is -0.821. The Morgan fingerprint density at radius 3 is 1.23 bits per heavy atom. The van der Waals surface area contributed by atoms with Gasteiger partial charge in [-0.05, 0) is 20.8 Å². The molecule has 0 saturated carbocycles. The zero-order chi connectivity index (χ0) is 17.4. The summed E-state index contributed by atoms with van der Waals surface area (Å²) in [4.78, 5) is 46.6. The van der Waals surface area contributed by atoms with Gasteiger partial charge < -0.3 is 21.3 Å². The largest absolute Gasteiger partial charge is 0.357 e. The molecule has 4 N–H and O–H groups in total. The molecule has 0 aromatic carbocycles. The number of likely N-dealkylation sites (N-methyl/N-ethyl adjacent to an activating group) is 1. The number of rotatable bonds is 7. The van der Waals surface area contributed by atoms with Gasteiger partial charge in [0, 0.05) is 13.0 Å². The lowest BCUT2D eigenvalue weighted by atomic mass is 10.2. The summed E-state index contributed by atoms with van der Waals surface area (Å²) >= 11 is 0. The molecule has 4 amide bonds. The molecule has 126 valence electrons. The topological polar surface area (TPSA) is 116 Å². The van der Waals surface area contributed by atoms with Gasteiger partial charge in [0.2, 0.25) is 23.6 Å². The molecular formula is C14H26N4O4. The van der Waals surface area contributed by atoms with E-state index >= 15 is 0 Å². The van der Waals surface area contributed by atoms with Crippen LogP contribution in [0.15, 0.2) is 0 Å². The van der Waals surface area contributed by atoms with Crippen LogP contribution in [0.5, 0.6) is 0 Å². The lowest BCUT2D eigenvalue weighted by Gasteiger charge is -2.20. The summed E-state index contributed by atoms with van der Waals surface area (Å²) in [6.07, 6.45) is 0. The maximum Gasteiger partial charge on any atom is 0.242 e. The van der Waals surface area contributed by atoms with E-state index in [1.807, 2.05) is 0 Å². The summed E-state index contributed by atoms with van der Waals surface area (Å²) in [7, 11) is 1.47. The van der Waals surface area contributed by atoms with Crippen molar-refractivity contribution in [3.05, 3.63) is 0 Å². The molecule has 0 aromatic heterocycles. The highest BCUT2D eigenvalue weighted by molar-refractivity contribution is 5.93. The average Bonchev–Trinajstić information content (AvgIpc) is 2.45. The van der Waals surface area contributed by atoms with Crippen molar-refractivity contribution in [2.75, 3.05) is 7.05 Å². The molecule has 3 unspecified atom stereocenters. The summed E-state index contributed by atoms with van der Waals surface area (Å²) in [5.74, 6) is -1.75. The molecule has 22 heavy (non-hydrogen) atoms. The first-order chi connectivity index (χ1) is 10.1. The third kappa shape index (κ3) is 6.55. The first-order valence-corrected chi connectivity index (χ1v) is 7.22. The Labute approximate surface area is 130 Å². The molecule has 0 saturated heterocycles. The Balaban J connectivity index is 4.42. The van der Waals surface area contributed by atoms with E-state index in [0.717, 1.165) is 0 Å². The average molecular weight is 314 g/mol. The summed E-state index contributed by atoms with van der Waals surface area (Å²) in [6.45, 7) is 8.01. The molecule has 0 bridgehead atoms. The van der Waals surface area contributed by atoms with Gasteiger partial charge in [-0.1, -0.05) is 13.8 Å². The third-order valence-electron chi connectivity index (χ3n) is 3.03. The zero-order valence-electron chi connectivity index (χ0n) is 13.9. The quantitative estimate of drug-likeness (QED) is 0.477. The van der Waals surface area contributed by atoms with Crippen LogP contribution in [0.2, 0.25) is 0 Å². The SMILES string of the molecule is CNC(=O)C(C)NC(=O)C(C)NC(=O)C(C)NC(=O)C(C)C. The van der Waals surface area contributed by atoms with Crippen LogP contribution in [0.3, 0.4) is 0 Å². The van der Waals surface area contributed by atoms with Gasteiger partial charge in [-0.2, -0.15) is 0 Å². The number of nitrogens with one attached hydrogen (secondary N) is 4. The first-order valence-electron chi connectivity index (χ1n) is 7.22. The van der Waals surface area contributed by atoms with Crippen LogP contribution in [-0.4, -0.2) is 48.8 Å². The lowest BCUT2D eigenvalue weighted by Crippen LogP contribution is -2.54. The lowest BCUT2D eigenvalue weighted by molar-refractivity contribution is -0.133. The van der Waals surface area contributed by atoms with Gasteiger partial charge in [-0.3, -0.25) is 19.2 Å². The minimum absolute atomic E-state index is 0.232. The fourth-order valence-electron chi connectivity index (χ4n) is 1.47. The number of amides is 4. The van der Waals surface area contributed by atoms with Crippen molar-refractivity contribution < 1.29 is 19.2 Å². The molecule has 0 fully saturated rings. The molecule has 0 aliphatic carbocycles. The van der Waals surface area contributed by atoms with E-state index < -0.39 is 29.9 Å². The van der Waals surface area contributed by atoms with Crippen molar-refractivity contribution in [3.8, 4) is 0 Å². The second kappa shape index (κ2) is 9.01. The normalized spacial score (nSPS) is 14.5. The molecule has 0 aliphatic rings.